The molecule has 0 aliphatic rings. The summed E-state index contributed by atoms with van der Waals surface area (Å²) in [5.74, 6) is 0. The van der Waals surface area contributed by atoms with E-state index in [2.05, 4.69) is 17.8 Å². The van der Waals surface area contributed by atoms with Crippen LogP contribution in [-0.2, 0) is 13.0 Å². The Morgan fingerprint density at radius 3 is 2.55 bits per heavy atom. The van der Waals surface area contributed by atoms with Gasteiger partial charge >= 0.3 is 0 Å². The zero-order valence-electron chi connectivity index (χ0n) is 11.2. The maximum absolute atomic E-state index is 5.77. The number of hydrogen-bond acceptors (Lipinski definition) is 3. The second kappa shape index (κ2) is 5.31. The highest BCUT2D eigenvalue weighted by Gasteiger charge is 2.12. The maximum Gasteiger partial charge on any atom is 0.167 e. The molecule has 0 unspecified atom stereocenters. The highest BCUT2D eigenvalue weighted by atomic mass is 16.5. The summed E-state index contributed by atoms with van der Waals surface area (Å²) < 4.78 is 5.33. The van der Waals surface area contributed by atoms with Crippen molar-refractivity contribution in [2.75, 3.05) is 0 Å². The van der Waals surface area contributed by atoms with Gasteiger partial charge in [0.25, 0.3) is 0 Å². The molecule has 0 saturated heterocycles. The number of nitrogens with zero attached hydrogens (tertiary/aromatic N) is 1. The lowest BCUT2D eigenvalue weighted by molar-refractivity contribution is 0.453. The molecule has 2 N–H and O–H groups in total. The van der Waals surface area contributed by atoms with E-state index in [1.54, 1.807) is 0 Å². The predicted molar refractivity (Wildman–Crippen MR) is 81.1 cm³/mol. The van der Waals surface area contributed by atoms with Gasteiger partial charge in [-0.25, -0.2) is 0 Å². The summed E-state index contributed by atoms with van der Waals surface area (Å²) in [5, 5.41) is 5.14. The van der Waals surface area contributed by atoms with E-state index in [-0.39, 0.29) is 0 Å². The quantitative estimate of drug-likeness (QED) is 0.784. The van der Waals surface area contributed by atoms with Gasteiger partial charge in [-0.05, 0) is 35.3 Å². The van der Waals surface area contributed by atoms with Crippen molar-refractivity contribution in [3.05, 3.63) is 71.9 Å². The molecule has 100 valence electrons. The minimum Gasteiger partial charge on any atom is -0.356 e. The average Bonchev–Trinajstić information content (AvgIpc) is 2.92. The third kappa shape index (κ3) is 2.24. The SMILES string of the molecule is C=C(Cc1ccccc1CN)c1noc2ccccc12. The molecule has 0 atom stereocenters. The Labute approximate surface area is 117 Å². The first-order valence-electron chi connectivity index (χ1n) is 6.59. The van der Waals surface area contributed by atoms with Crippen LogP contribution < -0.4 is 5.73 Å². The molecule has 3 nitrogen and oxygen atoms in total. The minimum absolute atomic E-state index is 0.531. The van der Waals surface area contributed by atoms with Gasteiger partial charge in [0.1, 0.15) is 5.69 Å². The molecule has 2 aromatic carbocycles. The van der Waals surface area contributed by atoms with Gasteiger partial charge < -0.3 is 10.3 Å². The van der Waals surface area contributed by atoms with Gasteiger partial charge in [0.15, 0.2) is 5.58 Å². The molecule has 3 aromatic rings. The van der Waals surface area contributed by atoms with E-state index in [4.69, 9.17) is 10.3 Å². The second-order valence-electron chi connectivity index (χ2n) is 4.78. The van der Waals surface area contributed by atoms with E-state index >= 15 is 0 Å². The summed E-state index contributed by atoms with van der Waals surface area (Å²) in [6, 6.07) is 16.0. The van der Waals surface area contributed by atoms with Crippen molar-refractivity contribution in [3.63, 3.8) is 0 Å². The molecule has 0 spiro atoms. The maximum atomic E-state index is 5.77. The number of rotatable bonds is 4. The normalized spacial score (nSPS) is 10.8. The van der Waals surface area contributed by atoms with Gasteiger partial charge in [-0.3, -0.25) is 0 Å². The highest BCUT2D eigenvalue weighted by Crippen LogP contribution is 2.26. The van der Waals surface area contributed by atoms with Crippen LogP contribution >= 0.6 is 0 Å². The molecule has 3 rings (SSSR count). The lowest BCUT2D eigenvalue weighted by Gasteiger charge is -2.08. The Hall–Kier alpha value is -2.39. The Morgan fingerprint density at radius 1 is 1.05 bits per heavy atom. The molecule has 0 aliphatic heterocycles. The highest BCUT2D eigenvalue weighted by molar-refractivity contribution is 5.88. The van der Waals surface area contributed by atoms with Crippen molar-refractivity contribution >= 4 is 16.5 Å². The molecule has 0 bridgehead atoms. The minimum atomic E-state index is 0.531. The number of hydrogen-bond donors (Lipinski definition) is 1. The molecular weight excluding hydrogens is 248 g/mol. The van der Waals surface area contributed by atoms with Gasteiger partial charge in [0, 0.05) is 11.9 Å². The predicted octanol–water partition coefficient (Wildman–Crippen LogP) is 3.54. The Kier molecular flexibility index (Phi) is 3.35. The topological polar surface area (TPSA) is 52.0 Å². The first kappa shape index (κ1) is 12.6. The van der Waals surface area contributed by atoms with Crippen LogP contribution in [0.2, 0.25) is 0 Å². The fourth-order valence-electron chi connectivity index (χ4n) is 2.38. The van der Waals surface area contributed by atoms with Crippen LogP contribution in [0, 0.1) is 0 Å². The fraction of sp³-hybridized carbons (Fsp3) is 0.118. The molecule has 3 heteroatoms. The number of benzene rings is 2. The van der Waals surface area contributed by atoms with E-state index in [0.717, 1.165) is 34.2 Å². The largest absolute Gasteiger partial charge is 0.356 e. The van der Waals surface area contributed by atoms with Crippen LogP contribution in [0.3, 0.4) is 0 Å². The first-order chi connectivity index (χ1) is 9.79. The van der Waals surface area contributed by atoms with Crippen LogP contribution in [0.15, 0.2) is 59.6 Å². The third-order valence-corrected chi connectivity index (χ3v) is 3.45. The van der Waals surface area contributed by atoms with Crippen molar-refractivity contribution in [3.8, 4) is 0 Å². The zero-order chi connectivity index (χ0) is 13.9. The second-order valence-corrected chi connectivity index (χ2v) is 4.78. The van der Waals surface area contributed by atoms with E-state index in [1.807, 2.05) is 42.5 Å². The van der Waals surface area contributed by atoms with Crippen molar-refractivity contribution in [2.45, 2.75) is 13.0 Å². The standard InChI is InChI=1S/C17H16N2O/c1-12(10-13-6-2-3-7-14(13)11-18)17-15-8-4-5-9-16(15)20-19-17/h2-9H,1,10-11,18H2. The van der Waals surface area contributed by atoms with Gasteiger partial charge in [0.05, 0.1) is 0 Å². The Morgan fingerprint density at radius 2 is 1.75 bits per heavy atom. The fourth-order valence-corrected chi connectivity index (χ4v) is 2.38. The smallest absolute Gasteiger partial charge is 0.167 e. The van der Waals surface area contributed by atoms with Crippen LogP contribution in [0.5, 0.6) is 0 Å². The molecular formula is C17H16N2O. The molecule has 20 heavy (non-hydrogen) atoms. The van der Waals surface area contributed by atoms with Crippen LogP contribution in [-0.4, -0.2) is 5.16 Å². The third-order valence-electron chi connectivity index (χ3n) is 3.45. The number of para-hydroxylation sites is 1. The number of aromatic nitrogens is 1. The Balaban J connectivity index is 1.93. The van der Waals surface area contributed by atoms with Gasteiger partial charge in [-0.15, -0.1) is 0 Å². The lowest BCUT2D eigenvalue weighted by atomic mass is 9.98. The summed E-state index contributed by atoms with van der Waals surface area (Å²) >= 11 is 0. The lowest BCUT2D eigenvalue weighted by Crippen LogP contribution is -2.02. The van der Waals surface area contributed by atoms with Crippen molar-refractivity contribution in [2.24, 2.45) is 5.73 Å². The molecule has 0 aliphatic carbocycles. The summed E-state index contributed by atoms with van der Waals surface area (Å²) in [6.45, 7) is 4.69. The Bertz CT molecular complexity index is 758. The van der Waals surface area contributed by atoms with Gasteiger partial charge in [0.2, 0.25) is 0 Å². The molecule has 1 heterocycles. The summed E-state index contributed by atoms with van der Waals surface area (Å²) in [4.78, 5) is 0. The molecule has 1 aromatic heterocycles. The average molecular weight is 264 g/mol. The zero-order valence-corrected chi connectivity index (χ0v) is 11.2. The number of nitrogens with two attached hydrogens (primary N) is 1. The van der Waals surface area contributed by atoms with Crippen molar-refractivity contribution in [1.29, 1.82) is 0 Å². The number of fused-ring (bicyclic) bond motifs is 1. The first-order valence-corrected chi connectivity index (χ1v) is 6.59. The van der Waals surface area contributed by atoms with E-state index < -0.39 is 0 Å². The van der Waals surface area contributed by atoms with Crippen LogP contribution in [0.4, 0.5) is 0 Å². The van der Waals surface area contributed by atoms with Crippen LogP contribution in [0.1, 0.15) is 16.8 Å². The summed E-state index contributed by atoms with van der Waals surface area (Å²) in [7, 11) is 0. The van der Waals surface area contributed by atoms with Crippen LogP contribution in [0.25, 0.3) is 16.5 Å². The molecule has 0 fully saturated rings. The van der Waals surface area contributed by atoms with E-state index in [1.165, 1.54) is 5.56 Å². The summed E-state index contributed by atoms with van der Waals surface area (Å²) in [6.07, 6.45) is 0.726. The molecule has 0 saturated carbocycles. The van der Waals surface area contributed by atoms with Gasteiger partial charge in [-0.1, -0.05) is 48.1 Å². The van der Waals surface area contributed by atoms with Crippen molar-refractivity contribution < 1.29 is 4.52 Å². The summed E-state index contributed by atoms with van der Waals surface area (Å²) in [5.41, 5.74) is 10.7. The monoisotopic (exact) mass is 264 g/mol. The van der Waals surface area contributed by atoms with E-state index in [9.17, 15) is 0 Å². The molecule has 0 amide bonds. The molecule has 0 radical (unpaired) electrons. The van der Waals surface area contributed by atoms with Crippen molar-refractivity contribution in [1.82, 2.24) is 5.16 Å². The van der Waals surface area contributed by atoms with E-state index in [0.29, 0.717) is 6.54 Å². The number of allylic oxidation sites excluding steroid dienone is 1. The van der Waals surface area contributed by atoms with Gasteiger partial charge in [-0.2, -0.15) is 0 Å².